The molecule has 0 amide bonds. The molecule has 0 spiro atoms. The molecular formula is C12H17BrO2S. The summed E-state index contributed by atoms with van der Waals surface area (Å²) < 4.78 is 1.06. The zero-order valence-corrected chi connectivity index (χ0v) is 12.2. The van der Waals surface area contributed by atoms with Crippen molar-refractivity contribution >= 4 is 33.2 Å². The lowest BCUT2D eigenvalue weighted by atomic mass is 9.82. The van der Waals surface area contributed by atoms with Gasteiger partial charge in [0.25, 0.3) is 0 Å². The average molecular weight is 305 g/mol. The standard InChI is InChI=1S/C12H17BrO2S/c1-12(2,3)7-8(6-11(14)15)9-4-5-10(13)16-9/h4-5,8H,6-7H2,1-3H3,(H,14,15). The maximum atomic E-state index is 10.9. The maximum absolute atomic E-state index is 10.9. The number of halogens is 1. The molecule has 4 heteroatoms. The second-order valence-corrected chi connectivity index (χ2v) is 7.70. The second kappa shape index (κ2) is 5.32. The highest BCUT2D eigenvalue weighted by atomic mass is 79.9. The SMILES string of the molecule is CC(C)(C)CC(CC(=O)O)c1ccc(Br)s1. The van der Waals surface area contributed by atoms with E-state index in [0.29, 0.717) is 0 Å². The summed E-state index contributed by atoms with van der Waals surface area (Å²) in [6.07, 6.45) is 1.11. The predicted octanol–water partition coefficient (Wildman–Crippen LogP) is 4.51. The first-order valence-corrected chi connectivity index (χ1v) is 6.86. The molecule has 16 heavy (non-hydrogen) atoms. The van der Waals surface area contributed by atoms with E-state index >= 15 is 0 Å². The molecule has 0 bridgehead atoms. The van der Waals surface area contributed by atoms with Crippen molar-refractivity contribution in [3.8, 4) is 0 Å². The van der Waals surface area contributed by atoms with Gasteiger partial charge in [-0.2, -0.15) is 0 Å². The van der Waals surface area contributed by atoms with Crippen molar-refractivity contribution in [2.75, 3.05) is 0 Å². The zero-order valence-electron chi connectivity index (χ0n) is 9.79. The Morgan fingerprint density at radius 3 is 2.50 bits per heavy atom. The highest BCUT2D eigenvalue weighted by molar-refractivity contribution is 9.11. The largest absolute Gasteiger partial charge is 0.481 e. The van der Waals surface area contributed by atoms with Crippen LogP contribution in [0.1, 0.15) is 44.4 Å². The van der Waals surface area contributed by atoms with Crippen LogP contribution in [0.25, 0.3) is 0 Å². The molecule has 2 nitrogen and oxygen atoms in total. The van der Waals surface area contributed by atoms with E-state index in [0.717, 1.165) is 15.1 Å². The Morgan fingerprint density at radius 2 is 2.12 bits per heavy atom. The first-order valence-electron chi connectivity index (χ1n) is 5.25. The van der Waals surface area contributed by atoms with E-state index in [2.05, 4.69) is 36.7 Å². The maximum Gasteiger partial charge on any atom is 0.303 e. The Balaban J connectivity index is 2.83. The summed E-state index contributed by atoms with van der Waals surface area (Å²) in [6.45, 7) is 6.43. The summed E-state index contributed by atoms with van der Waals surface area (Å²) in [5.74, 6) is -0.604. The van der Waals surface area contributed by atoms with Gasteiger partial charge in [0, 0.05) is 10.8 Å². The number of hydrogen-bond donors (Lipinski definition) is 1. The van der Waals surface area contributed by atoms with Crippen molar-refractivity contribution in [2.45, 2.75) is 39.5 Å². The lowest BCUT2D eigenvalue weighted by molar-refractivity contribution is -0.137. The first-order chi connectivity index (χ1) is 7.28. The lowest BCUT2D eigenvalue weighted by Gasteiger charge is -2.24. The van der Waals surface area contributed by atoms with Crippen LogP contribution >= 0.6 is 27.3 Å². The second-order valence-electron chi connectivity index (χ2n) is 5.20. The van der Waals surface area contributed by atoms with E-state index in [1.54, 1.807) is 11.3 Å². The summed E-state index contributed by atoms with van der Waals surface area (Å²) in [6, 6.07) is 4.01. The van der Waals surface area contributed by atoms with E-state index in [1.165, 1.54) is 0 Å². The fourth-order valence-corrected chi connectivity index (χ4v) is 3.29. The quantitative estimate of drug-likeness (QED) is 0.889. The van der Waals surface area contributed by atoms with Gasteiger partial charge in [-0.25, -0.2) is 0 Å². The molecule has 0 aliphatic rings. The van der Waals surface area contributed by atoms with Gasteiger partial charge in [0.2, 0.25) is 0 Å². The normalized spacial score (nSPS) is 13.8. The van der Waals surface area contributed by atoms with Crippen LogP contribution < -0.4 is 0 Å². The zero-order chi connectivity index (χ0) is 12.3. The first kappa shape index (κ1) is 13.7. The molecule has 1 unspecified atom stereocenters. The molecule has 0 aliphatic heterocycles. The monoisotopic (exact) mass is 304 g/mol. The fraction of sp³-hybridized carbons (Fsp3) is 0.583. The van der Waals surface area contributed by atoms with Crippen LogP contribution in [0.3, 0.4) is 0 Å². The minimum Gasteiger partial charge on any atom is -0.481 e. The van der Waals surface area contributed by atoms with E-state index in [4.69, 9.17) is 5.11 Å². The molecule has 0 aromatic carbocycles. The molecule has 1 rings (SSSR count). The van der Waals surface area contributed by atoms with Crippen molar-refractivity contribution in [1.82, 2.24) is 0 Å². The molecule has 0 aliphatic carbocycles. The van der Waals surface area contributed by atoms with Crippen molar-refractivity contribution in [3.05, 3.63) is 20.8 Å². The molecule has 0 fully saturated rings. The molecule has 1 atom stereocenters. The van der Waals surface area contributed by atoms with Crippen LogP contribution in [0, 0.1) is 5.41 Å². The van der Waals surface area contributed by atoms with Crippen LogP contribution in [-0.2, 0) is 4.79 Å². The molecule has 0 saturated carbocycles. The van der Waals surface area contributed by atoms with Crippen molar-refractivity contribution < 1.29 is 9.90 Å². The van der Waals surface area contributed by atoms with Gasteiger partial charge in [-0.15, -0.1) is 11.3 Å². The van der Waals surface area contributed by atoms with Gasteiger partial charge in [0.1, 0.15) is 0 Å². The van der Waals surface area contributed by atoms with Gasteiger partial charge in [-0.1, -0.05) is 20.8 Å². The molecule has 1 aromatic rings. The Kier molecular flexibility index (Phi) is 4.56. The third kappa shape index (κ3) is 4.66. The van der Waals surface area contributed by atoms with Gasteiger partial charge in [0.15, 0.2) is 0 Å². The molecule has 0 saturated heterocycles. The van der Waals surface area contributed by atoms with Crippen LogP contribution in [0.4, 0.5) is 0 Å². The highest BCUT2D eigenvalue weighted by Gasteiger charge is 2.23. The Bertz CT molecular complexity index is 365. The van der Waals surface area contributed by atoms with Gasteiger partial charge in [-0.3, -0.25) is 4.79 Å². The van der Waals surface area contributed by atoms with Gasteiger partial charge in [0.05, 0.1) is 10.2 Å². The van der Waals surface area contributed by atoms with E-state index in [1.807, 2.05) is 12.1 Å². The summed E-state index contributed by atoms with van der Waals surface area (Å²) in [4.78, 5) is 12.0. The molecular weight excluding hydrogens is 288 g/mol. The van der Waals surface area contributed by atoms with Gasteiger partial charge >= 0.3 is 5.97 Å². The van der Waals surface area contributed by atoms with Crippen molar-refractivity contribution in [2.24, 2.45) is 5.41 Å². The molecule has 1 heterocycles. The number of rotatable bonds is 4. The van der Waals surface area contributed by atoms with Crippen LogP contribution in [-0.4, -0.2) is 11.1 Å². The minimum absolute atomic E-state index is 0.119. The van der Waals surface area contributed by atoms with Crippen LogP contribution in [0.5, 0.6) is 0 Å². The lowest BCUT2D eigenvalue weighted by Crippen LogP contribution is -2.14. The molecule has 0 radical (unpaired) electrons. The summed E-state index contributed by atoms with van der Waals surface area (Å²) in [5.41, 5.74) is 0.149. The smallest absolute Gasteiger partial charge is 0.303 e. The van der Waals surface area contributed by atoms with Gasteiger partial charge < -0.3 is 5.11 Å². The third-order valence-corrected chi connectivity index (χ3v) is 4.06. The number of carboxylic acids is 1. The molecule has 1 aromatic heterocycles. The van der Waals surface area contributed by atoms with Gasteiger partial charge in [-0.05, 0) is 39.9 Å². The van der Waals surface area contributed by atoms with E-state index in [-0.39, 0.29) is 17.8 Å². The van der Waals surface area contributed by atoms with Crippen molar-refractivity contribution in [3.63, 3.8) is 0 Å². The number of aliphatic carboxylic acids is 1. The number of hydrogen-bond acceptors (Lipinski definition) is 2. The Hall–Kier alpha value is -0.350. The Morgan fingerprint density at radius 1 is 1.50 bits per heavy atom. The minimum atomic E-state index is -0.723. The topological polar surface area (TPSA) is 37.3 Å². The predicted molar refractivity (Wildman–Crippen MR) is 71.1 cm³/mol. The highest BCUT2D eigenvalue weighted by Crippen LogP contribution is 2.37. The number of thiophene rings is 1. The number of carboxylic acid groups (broad SMARTS) is 1. The summed E-state index contributed by atoms with van der Waals surface area (Å²) in [7, 11) is 0. The summed E-state index contributed by atoms with van der Waals surface area (Å²) >= 11 is 5.05. The van der Waals surface area contributed by atoms with E-state index in [9.17, 15) is 4.79 Å². The summed E-state index contributed by atoms with van der Waals surface area (Å²) in [5, 5.41) is 8.94. The van der Waals surface area contributed by atoms with E-state index < -0.39 is 5.97 Å². The molecule has 90 valence electrons. The Labute approximate surface area is 109 Å². The van der Waals surface area contributed by atoms with Crippen LogP contribution in [0.2, 0.25) is 0 Å². The average Bonchev–Trinajstić information content (AvgIpc) is 2.47. The van der Waals surface area contributed by atoms with Crippen LogP contribution in [0.15, 0.2) is 15.9 Å². The molecule has 1 N–H and O–H groups in total. The van der Waals surface area contributed by atoms with Crippen molar-refractivity contribution in [1.29, 1.82) is 0 Å². The third-order valence-electron chi connectivity index (χ3n) is 2.28. The number of carbonyl (C=O) groups is 1. The fourth-order valence-electron chi connectivity index (χ4n) is 1.77.